The molecule has 0 unspecified atom stereocenters. The summed E-state index contributed by atoms with van der Waals surface area (Å²) in [5, 5.41) is 8.56. The number of nitrogens with one attached hydrogen (secondary N) is 3. The first kappa shape index (κ1) is 42.6. The molecule has 5 aromatic rings. The number of amides is 1. The Kier molecular flexibility index (Phi) is 14.5. The average molecular weight is 840 g/mol. The standard InChI is InChI=1S/C39H40F2N5O12P/c1-51-28-15-27-16-29(57-35(27)31(17-28)52-2)23-55-38(50)45-32-13-14-46(37(49)44-32)36-39(40,41)18-30(58-36)24-56-59(42-19-33(47)53-21-25-9-5-3-6-10-25)43-20-34(48)54-22-26-11-7-4-8-12-26/h3-17,30,36,42-43H,18-24H2,1-2H3,(H,44,45,49,50)/t30-,36+/m0/s1. The van der Waals surface area contributed by atoms with E-state index in [1.54, 1.807) is 66.7 Å². The van der Waals surface area contributed by atoms with Crippen LogP contribution in [0.3, 0.4) is 0 Å². The summed E-state index contributed by atoms with van der Waals surface area (Å²) >= 11 is 0. The van der Waals surface area contributed by atoms with E-state index in [0.717, 1.165) is 23.4 Å². The van der Waals surface area contributed by atoms with Crippen molar-refractivity contribution in [2.75, 3.05) is 39.2 Å². The fraction of sp³-hybridized carbons (Fsp3) is 0.308. The van der Waals surface area contributed by atoms with Gasteiger partial charge in [-0.25, -0.2) is 28.5 Å². The van der Waals surface area contributed by atoms with E-state index in [1.165, 1.54) is 14.2 Å². The number of benzene rings is 3. The monoisotopic (exact) mass is 839 g/mol. The van der Waals surface area contributed by atoms with Crippen molar-refractivity contribution in [3.63, 3.8) is 0 Å². The number of rotatable bonds is 19. The minimum atomic E-state index is -3.54. The highest BCUT2D eigenvalue weighted by Crippen LogP contribution is 2.43. The summed E-state index contributed by atoms with van der Waals surface area (Å²) in [6.07, 6.45) is -4.11. The van der Waals surface area contributed by atoms with Gasteiger partial charge in [0.1, 0.15) is 43.6 Å². The molecule has 3 N–H and O–H groups in total. The van der Waals surface area contributed by atoms with E-state index in [0.29, 0.717) is 27.0 Å². The molecule has 0 radical (unpaired) electrons. The number of carbonyl (C=O) groups is 3. The summed E-state index contributed by atoms with van der Waals surface area (Å²) in [7, 11) is 0.978. The van der Waals surface area contributed by atoms with Crippen molar-refractivity contribution in [2.45, 2.75) is 44.5 Å². The molecule has 0 aliphatic carbocycles. The number of furan rings is 1. The smallest absolute Gasteiger partial charge is 0.413 e. The van der Waals surface area contributed by atoms with Crippen LogP contribution in [0, 0.1) is 0 Å². The Labute approximate surface area is 336 Å². The Morgan fingerprint density at radius 2 is 1.51 bits per heavy atom. The Hall–Kier alpha value is -5.98. The highest BCUT2D eigenvalue weighted by molar-refractivity contribution is 7.48. The van der Waals surface area contributed by atoms with Crippen LogP contribution in [-0.4, -0.2) is 73.5 Å². The molecule has 59 heavy (non-hydrogen) atoms. The van der Waals surface area contributed by atoms with Crippen molar-refractivity contribution in [2.24, 2.45) is 0 Å². The number of aromatic nitrogens is 2. The first-order chi connectivity index (χ1) is 28.5. The van der Waals surface area contributed by atoms with Crippen molar-refractivity contribution < 1.29 is 60.5 Å². The maximum Gasteiger partial charge on any atom is 0.413 e. The fourth-order valence-electron chi connectivity index (χ4n) is 5.68. The molecule has 1 aliphatic heterocycles. The van der Waals surface area contributed by atoms with E-state index >= 15 is 8.78 Å². The molecule has 312 valence electrons. The van der Waals surface area contributed by atoms with Crippen LogP contribution < -0.4 is 30.7 Å². The summed E-state index contributed by atoms with van der Waals surface area (Å²) in [6.45, 7) is -1.34. The van der Waals surface area contributed by atoms with Gasteiger partial charge in [0.15, 0.2) is 26.4 Å². The molecule has 20 heteroatoms. The quantitative estimate of drug-likeness (QED) is 0.0528. The first-order valence-corrected chi connectivity index (χ1v) is 19.3. The number of esters is 2. The second-order valence-corrected chi connectivity index (χ2v) is 14.3. The summed E-state index contributed by atoms with van der Waals surface area (Å²) in [5.74, 6) is -3.84. The highest BCUT2D eigenvalue weighted by atomic mass is 31.2. The summed E-state index contributed by atoms with van der Waals surface area (Å²) in [5.41, 5.74) is 0.824. The van der Waals surface area contributed by atoms with Crippen molar-refractivity contribution in [3.05, 3.63) is 118 Å². The van der Waals surface area contributed by atoms with E-state index < -0.39 is 63.5 Å². The van der Waals surface area contributed by atoms with E-state index in [1.807, 2.05) is 12.1 Å². The Morgan fingerprint density at radius 1 is 0.864 bits per heavy atom. The largest absolute Gasteiger partial charge is 0.497 e. The SMILES string of the molecule is COc1cc(OC)c2oc(COC(=O)Nc3ccn([C@@H]4O[C@H](COP(NCC(=O)OCc5ccccc5)NCC(=O)OCc5ccccc5)CC4(F)F)c(=O)n3)cc2c1. The molecule has 1 saturated heterocycles. The van der Waals surface area contributed by atoms with Gasteiger partial charge in [-0.1, -0.05) is 60.7 Å². The lowest BCUT2D eigenvalue weighted by Gasteiger charge is -2.21. The summed E-state index contributed by atoms with van der Waals surface area (Å²) < 4.78 is 74.7. The molecular weight excluding hydrogens is 799 g/mol. The maximum atomic E-state index is 15.3. The number of hydrogen-bond donors (Lipinski definition) is 3. The van der Waals surface area contributed by atoms with Crippen LogP contribution in [0.1, 0.15) is 29.5 Å². The molecule has 0 saturated carbocycles. The first-order valence-electron chi connectivity index (χ1n) is 18.0. The third-order valence-electron chi connectivity index (χ3n) is 8.51. The van der Waals surface area contributed by atoms with Crippen LogP contribution >= 0.6 is 8.45 Å². The zero-order chi connectivity index (χ0) is 41.8. The Morgan fingerprint density at radius 3 is 2.10 bits per heavy atom. The van der Waals surface area contributed by atoms with Gasteiger partial charge < -0.3 is 37.4 Å². The molecule has 2 atom stereocenters. The predicted octanol–water partition coefficient (Wildman–Crippen LogP) is 5.59. The zero-order valence-electron chi connectivity index (χ0n) is 31.8. The number of halogens is 2. The Bertz CT molecular complexity index is 2200. The topological polar surface area (TPSA) is 200 Å². The predicted molar refractivity (Wildman–Crippen MR) is 206 cm³/mol. The van der Waals surface area contributed by atoms with Gasteiger partial charge in [0.2, 0.25) is 6.23 Å². The number of nitrogens with zero attached hydrogens (tertiary/aromatic N) is 2. The number of anilines is 1. The van der Waals surface area contributed by atoms with Crippen molar-refractivity contribution >= 4 is 43.3 Å². The van der Waals surface area contributed by atoms with Crippen LogP contribution in [0.2, 0.25) is 0 Å². The minimum Gasteiger partial charge on any atom is -0.497 e. The average Bonchev–Trinajstić information content (AvgIpc) is 3.80. The highest BCUT2D eigenvalue weighted by Gasteiger charge is 2.52. The lowest BCUT2D eigenvalue weighted by molar-refractivity contribution is -0.144. The number of hydrogen-bond acceptors (Lipinski definition) is 15. The minimum absolute atomic E-state index is 0.0254. The van der Waals surface area contributed by atoms with E-state index in [-0.39, 0.29) is 44.5 Å². The number of ether oxygens (including phenoxy) is 6. The molecule has 0 spiro atoms. The molecule has 3 aromatic carbocycles. The van der Waals surface area contributed by atoms with Gasteiger partial charge in [0, 0.05) is 24.1 Å². The van der Waals surface area contributed by atoms with Crippen LogP contribution in [-0.2, 0) is 52.9 Å². The van der Waals surface area contributed by atoms with Gasteiger partial charge in [0.25, 0.3) is 5.92 Å². The van der Waals surface area contributed by atoms with Gasteiger partial charge in [-0.05, 0) is 29.3 Å². The molecule has 1 fully saturated rings. The zero-order valence-corrected chi connectivity index (χ0v) is 32.7. The van der Waals surface area contributed by atoms with Crippen LogP contribution in [0.15, 0.2) is 100 Å². The van der Waals surface area contributed by atoms with Gasteiger partial charge in [-0.3, -0.25) is 19.5 Å². The van der Waals surface area contributed by atoms with Crippen LogP contribution in [0.25, 0.3) is 11.0 Å². The van der Waals surface area contributed by atoms with Crippen molar-refractivity contribution in [3.8, 4) is 11.5 Å². The van der Waals surface area contributed by atoms with E-state index in [9.17, 15) is 19.2 Å². The van der Waals surface area contributed by atoms with Crippen molar-refractivity contribution in [1.82, 2.24) is 19.7 Å². The Balaban J connectivity index is 1.02. The normalized spacial score (nSPS) is 15.8. The van der Waals surface area contributed by atoms with E-state index in [2.05, 4.69) is 20.5 Å². The fourth-order valence-corrected chi connectivity index (χ4v) is 6.84. The number of alkyl halides is 2. The molecule has 17 nitrogen and oxygen atoms in total. The molecule has 1 aliphatic rings. The van der Waals surface area contributed by atoms with Gasteiger partial charge >= 0.3 is 23.7 Å². The summed E-state index contributed by atoms with van der Waals surface area (Å²) in [4.78, 5) is 54.1. The van der Waals surface area contributed by atoms with Crippen molar-refractivity contribution in [1.29, 1.82) is 0 Å². The molecule has 2 aromatic heterocycles. The maximum absolute atomic E-state index is 15.3. The lowest BCUT2D eigenvalue weighted by atomic mass is 10.2. The van der Waals surface area contributed by atoms with E-state index in [4.69, 9.17) is 37.4 Å². The van der Waals surface area contributed by atoms with Crippen LogP contribution in [0.4, 0.5) is 19.4 Å². The number of fused-ring (bicyclic) bond motifs is 1. The third-order valence-corrected chi connectivity index (χ3v) is 9.81. The second kappa shape index (κ2) is 20.1. The number of methoxy groups -OCH3 is 2. The molecular formula is C39H40F2N5O12P. The lowest BCUT2D eigenvalue weighted by Crippen LogP contribution is -2.35. The molecule has 1 amide bonds. The second-order valence-electron chi connectivity index (χ2n) is 12.8. The van der Waals surface area contributed by atoms with Gasteiger partial charge in [-0.2, -0.15) is 4.98 Å². The van der Waals surface area contributed by atoms with Crippen LogP contribution in [0.5, 0.6) is 11.5 Å². The third kappa shape index (κ3) is 12.0. The number of carbonyl (C=O) groups excluding carboxylic acids is 3. The van der Waals surface area contributed by atoms with Gasteiger partial charge in [0.05, 0.1) is 26.9 Å². The van der Waals surface area contributed by atoms with Gasteiger partial charge in [-0.15, -0.1) is 0 Å². The molecule has 3 heterocycles. The molecule has 0 bridgehead atoms. The summed E-state index contributed by atoms with van der Waals surface area (Å²) in [6, 6.07) is 24.1. The molecule has 6 rings (SSSR count).